The molecule has 0 saturated carbocycles. The third-order valence-electron chi connectivity index (χ3n) is 2.87. The monoisotopic (exact) mass is 386 g/mol. The van der Waals surface area contributed by atoms with Crippen LogP contribution in [-0.2, 0) is 6.42 Å². The SMILES string of the molecule is COc1ccc(CC(Br)c2ccc(F)cc2Br)cc1. The minimum Gasteiger partial charge on any atom is -0.497 e. The van der Waals surface area contributed by atoms with Crippen LogP contribution in [0.15, 0.2) is 46.9 Å². The van der Waals surface area contributed by atoms with Gasteiger partial charge in [0, 0.05) is 9.30 Å². The second-order valence-electron chi connectivity index (χ2n) is 4.19. The van der Waals surface area contributed by atoms with Gasteiger partial charge in [0.2, 0.25) is 0 Å². The Hall–Kier alpha value is -0.870. The topological polar surface area (TPSA) is 9.23 Å². The van der Waals surface area contributed by atoms with E-state index in [1.54, 1.807) is 13.2 Å². The van der Waals surface area contributed by atoms with E-state index in [0.717, 1.165) is 22.2 Å². The van der Waals surface area contributed by atoms with Gasteiger partial charge in [0.1, 0.15) is 11.6 Å². The van der Waals surface area contributed by atoms with E-state index in [9.17, 15) is 4.39 Å². The number of hydrogen-bond donors (Lipinski definition) is 0. The zero-order valence-electron chi connectivity index (χ0n) is 10.4. The maximum absolute atomic E-state index is 13.1. The third-order valence-corrected chi connectivity index (χ3v) is 4.38. The van der Waals surface area contributed by atoms with Crippen LogP contribution < -0.4 is 4.74 Å². The van der Waals surface area contributed by atoms with Crippen molar-refractivity contribution in [2.75, 3.05) is 7.11 Å². The summed E-state index contributed by atoms with van der Waals surface area (Å²) in [5.41, 5.74) is 2.23. The van der Waals surface area contributed by atoms with Crippen LogP contribution in [0.25, 0.3) is 0 Å². The molecule has 0 aliphatic rings. The maximum Gasteiger partial charge on any atom is 0.124 e. The molecule has 1 nitrogen and oxygen atoms in total. The summed E-state index contributed by atoms with van der Waals surface area (Å²) in [6.07, 6.45) is 0.828. The quantitative estimate of drug-likeness (QED) is 0.649. The van der Waals surface area contributed by atoms with Gasteiger partial charge in [-0.1, -0.05) is 50.1 Å². The summed E-state index contributed by atoms with van der Waals surface area (Å²) in [6, 6.07) is 12.7. The first-order valence-electron chi connectivity index (χ1n) is 5.82. The first-order valence-corrected chi connectivity index (χ1v) is 7.53. The molecule has 0 spiro atoms. The van der Waals surface area contributed by atoms with Crippen LogP contribution in [0, 0.1) is 5.82 Å². The average Bonchev–Trinajstić information content (AvgIpc) is 2.39. The molecule has 0 aromatic heterocycles. The van der Waals surface area contributed by atoms with E-state index >= 15 is 0 Å². The molecule has 0 amide bonds. The smallest absolute Gasteiger partial charge is 0.124 e. The Morgan fingerprint density at radius 2 is 1.84 bits per heavy atom. The molecule has 0 saturated heterocycles. The molecule has 4 heteroatoms. The van der Waals surface area contributed by atoms with Crippen molar-refractivity contribution in [3.63, 3.8) is 0 Å². The molecule has 2 aromatic rings. The predicted molar refractivity (Wildman–Crippen MR) is 82.5 cm³/mol. The van der Waals surface area contributed by atoms with Gasteiger partial charge in [-0.2, -0.15) is 0 Å². The molecule has 2 aromatic carbocycles. The van der Waals surface area contributed by atoms with Gasteiger partial charge in [0.15, 0.2) is 0 Å². The van der Waals surface area contributed by atoms with E-state index in [1.807, 2.05) is 24.3 Å². The maximum atomic E-state index is 13.1. The van der Waals surface area contributed by atoms with Crippen LogP contribution in [0.4, 0.5) is 4.39 Å². The minimum atomic E-state index is -0.236. The molecule has 0 heterocycles. The van der Waals surface area contributed by atoms with Gasteiger partial charge in [-0.05, 0) is 41.8 Å². The Balaban J connectivity index is 2.13. The van der Waals surface area contributed by atoms with Gasteiger partial charge in [-0.25, -0.2) is 4.39 Å². The molecule has 100 valence electrons. The zero-order valence-corrected chi connectivity index (χ0v) is 13.5. The summed E-state index contributed by atoms with van der Waals surface area (Å²) < 4.78 is 19.0. The summed E-state index contributed by atoms with van der Waals surface area (Å²) in [5, 5.41) is 0. The lowest BCUT2D eigenvalue weighted by Crippen LogP contribution is -1.97. The Labute approximate surface area is 129 Å². The number of alkyl halides is 1. The molecule has 1 unspecified atom stereocenters. The third kappa shape index (κ3) is 3.80. The number of halogens is 3. The molecule has 19 heavy (non-hydrogen) atoms. The van der Waals surface area contributed by atoms with Gasteiger partial charge in [-0.3, -0.25) is 0 Å². The van der Waals surface area contributed by atoms with Gasteiger partial charge < -0.3 is 4.74 Å². The fourth-order valence-corrected chi connectivity index (χ4v) is 3.54. The summed E-state index contributed by atoms with van der Waals surface area (Å²) in [5.74, 6) is 0.609. The van der Waals surface area contributed by atoms with Crippen LogP contribution in [0.3, 0.4) is 0 Å². The molecule has 0 radical (unpaired) electrons. The van der Waals surface area contributed by atoms with Crippen LogP contribution in [0.1, 0.15) is 16.0 Å². The summed E-state index contributed by atoms with van der Waals surface area (Å²) in [6.45, 7) is 0. The van der Waals surface area contributed by atoms with Crippen LogP contribution >= 0.6 is 31.9 Å². The number of methoxy groups -OCH3 is 1. The van der Waals surface area contributed by atoms with Crippen molar-refractivity contribution in [3.05, 3.63) is 63.9 Å². The Morgan fingerprint density at radius 1 is 1.16 bits per heavy atom. The Kier molecular flexibility index (Phi) is 4.99. The summed E-state index contributed by atoms with van der Waals surface area (Å²) >= 11 is 7.04. The van der Waals surface area contributed by atoms with Crippen molar-refractivity contribution in [2.24, 2.45) is 0 Å². The molecule has 2 rings (SSSR count). The number of hydrogen-bond acceptors (Lipinski definition) is 1. The standard InChI is InChI=1S/C15H13Br2FO/c1-19-12-5-2-10(3-6-12)8-14(16)13-7-4-11(18)9-15(13)17/h2-7,9,14H,8H2,1H3. The highest BCUT2D eigenvalue weighted by Crippen LogP contribution is 2.33. The lowest BCUT2D eigenvalue weighted by Gasteiger charge is -2.13. The Morgan fingerprint density at radius 3 is 2.42 bits per heavy atom. The van der Waals surface area contributed by atoms with E-state index in [2.05, 4.69) is 31.9 Å². The van der Waals surface area contributed by atoms with Crippen LogP contribution in [-0.4, -0.2) is 7.11 Å². The van der Waals surface area contributed by atoms with Crippen molar-refractivity contribution in [1.82, 2.24) is 0 Å². The van der Waals surface area contributed by atoms with E-state index in [1.165, 1.54) is 17.7 Å². The normalized spacial score (nSPS) is 12.2. The average molecular weight is 388 g/mol. The molecule has 0 aliphatic heterocycles. The van der Waals surface area contributed by atoms with E-state index in [0.29, 0.717) is 0 Å². The molecule has 0 bridgehead atoms. The largest absolute Gasteiger partial charge is 0.497 e. The summed E-state index contributed by atoms with van der Waals surface area (Å²) in [4.78, 5) is 0.135. The van der Waals surface area contributed by atoms with Crippen molar-refractivity contribution < 1.29 is 9.13 Å². The highest BCUT2D eigenvalue weighted by Gasteiger charge is 2.12. The van der Waals surface area contributed by atoms with Gasteiger partial charge in [0.25, 0.3) is 0 Å². The van der Waals surface area contributed by atoms with Gasteiger partial charge in [-0.15, -0.1) is 0 Å². The van der Waals surface area contributed by atoms with Crippen molar-refractivity contribution >= 4 is 31.9 Å². The minimum absolute atomic E-state index is 0.135. The number of benzene rings is 2. The number of rotatable bonds is 4. The van der Waals surface area contributed by atoms with Crippen molar-refractivity contribution in [3.8, 4) is 5.75 Å². The second kappa shape index (κ2) is 6.53. The van der Waals surface area contributed by atoms with E-state index in [4.69, 9.17) is 4.74 Å². The second-order valence-corrected chi connectivity index (χ2v) is 6.15. The predicted octanol–water partition coefficient (Wildman–Crippen LogP) is 5.28. The highest BCUT2D eigenvalue weighted by molar-refractivity contribution is 9.11. The summed E-state index contributed by atoms with van der Waals surface area (Å²) in [7, 11) is 1.65. The first-order chi connectivity index (χ1) is 9.10. The lowest BCUT2D eigenvalue weighted by molar-refractivity contribution is 0.414. The molecular weight excluding hydrogens is 375 g/mol. The lowest BCUT2D eigenvalue weighted by atomic mass is 10.0. The molecule has 0 aliphatic carbocycles. The molecule has 0 N–H and O–H groups in total. The zero-order chi connectivity index (χ0) is 13.8. The van der Waals surface area contributed by atoms with Gasteiger partial charge >= 0.3 is 0 Å². The molecular formula is C15H13Br2FO. The fourth-order valence-electron chi connectivity index (χ4n) is 1.83. The van der Waals surface area contributed by atoms with Crippen molar-refractivity contribution in [2.45, 2.75) is 11.2 Å². The van der Waals surface area contributed by atoms with Crippen LogP contribution in [0.5, 0.6) is 5.75 Å². The fraction of sp³-hybridized carbons (Fsp3) is 0.200. The van der Waals surface area contributed by atoms with E-state index < -0.39 is 0 Å². The number of ether oxygens (including phenoxy) is 1. The van der Waals surface area contributed by atoms with Crippen LogP contribution in [0.2, 0.25) is 0 Å². The van der Waals surface area contributed by atoms with E-state index in [-0.39, 0.29) is 10.6 Å². The highest BCUT2D eigenvalue weighted by atomic mass is 79.9. The molecule has 0 fully saturated rings. The Bertz CT molecular complexity index is 555. The van der Waals surface area contributed by atoms with Gasteiger partial charge in [0.05, 0.1) is 7.11 Å². The molecule has 1 atom stereocenters. The van der Waals surface area contributed by atoms with Crippen molar-refractivity contribution in [1.29, 1.82) is 0 Å². The first kappa shape index (κ1) is 14.5.